The molecule has 4 heteroatoms. The molecule has 0 saturated carbocycles. The van der Waals surface area contributed by atoms with Crippen molar-refractivity contribution in [3.8, 4) is 5.75 Å². The number of ether oxygens (including phenoxy) is 2. The lowest BCUT2D eigenvalue weighted by Gasteiger charge is -2.23. The van der Waals surface area contributed by atoms with Crippen molar-refractivity contribution in [1.29, 1.82) is 0 Å². The first-order valence-electron chi connectivity index (χ1n) is 7.43. The topological polar surface area (TPSA) is 35.5 Å². The number of quaternary nitrogens is 1. The molecule has 0 heterocycles. The highest BCUT2D eigenvalue weighted by Gasteiger charge is 2.07. The lowest BCUT2D eigenvalue weighted by atomic mass is 10.1. The Morgan fingerprint density at radius 1 is 1.05 bits per heavy atom. The zero-order chi connectivity index (χ0) is 16.2. The van der Waals surface area contributed by atoms with Crippen molar-refractivity contribution in [3.63, 3.8) is 0 Å². The monoisotopic (exact) mass is 302 g/mol. The van der Waals surface area contributed by atoms with Gasteiger partial charge in [0.15, 0.2) is 0 Å². The highest BCUT2D eigenvalue weighted by molar-refractivity contribution is 5.84. The van der Waals surface area contributed by atoms with Crippen LogP contribution in [0.5, 0.6) is 5.75 Å². The van der Waals surface area contributed by atoms with E-state index in [1.54, 1.807) is 0 Å². The second-order valence-electron chi connectivity index (χ2n) is 6.49. The molecule has 118 valence electrons. The Balaban J connectivity index is 2.04. The van der Waals surface area contributed by atoms with Gasteiger partial charge in [-0.1, -0.05) is 18.2 Å². The highest BCUT2D eigenvalue weighted by atomic mass is 16.5. The second kappa shape index (κ2) is 6.79. The van der Waals surface area contributed by atoms with Gasteiger partial charge in [-0.05, 0) is 34.5 Å². The van der Waals surface area contributed by atoms with E-state index in [0.717, 1.165) is 33.1 Å². The van der Waals surface area contributed by atoms with Gasteiger partial charge in [0.25, 0.3) is 0 Å². The van der Waals surface area contributed by atoms with Crippen molar-refractivity contribution in [2.24, 2.45) is 0 Å². The smallest absolute Gasteiger partial charge is 0.302 e. The average Bonchev–Trinajstić information content (AvgIpc) is 2.43. The number of likely N-dealkylation sites (N-methyl/N-ethyl adjacent to an activating group) is 1. The van der Waals surface area contributed by atoms with Gasteiger partial charge >= 0.3 is 5.97 Å². The van der Waals surface area contributed by atoms with E-state index in [4.69, 9.17) is 9.47 Å². The van der Waals surface area contributed by atoms with Crippen molar-refractivity contribution in [3.05, 3.63) is 42.0 Å². The maximum absolute atomic E-state index is 10.9. The number of carbonyl (C=O) groups is 1. The van der Waals surface area contributed by atoms with Gasteiger partial charge in [-0.3, -0.25) is 4.79 Å². The molecule has 0 fully saturated rings. The molecule has 2 aromatic carbocycles. The molecule has 0 aromatic heterocycles. The van der Waals surface area contributed by atoms with E-state index in [9.17, 15) is 4.79 Å². The number of carbonyl (C=O) groups excluding carboxylic acids is 1. The number of hydrogen-bond acceptors (Lipinski definition) is 3. The summed E-state index contributed by atoms with van der Waals surface area (Å²) in [4.78, 5) is 10.9. The van der Waals surface area contributed by atoms with Gasteiger partial charge in [0.1, 0.15) is 25.5 Å². The fourth-order valence-electron chi connectivity index (χ4n) is 2.08. The molecule has 0 amide bonds. The van der Waals surface area contributed by atoms with Crippen LogP contribution >= 0.6 is 0 Å². The summed E-state index contributed by atoms with van der Waals surface area (Å²) >= 11 is 0. The summed E-state index contributed by atoms with van der Waals surface area (Å²) in [7, 11) is 6.44. The normalized spacial score (nSPS) is 11.5. The predicted molar refractivity (Wildman–Crippen MR) is 87.8 cm³/mol. The number of esters is 1. The summed E-state index contributed by atoms with van der Waals surface area (Å²) < 4.78 is 11.7. The predicted octanol–water partition coefficient (Wildman–Crippen LogP) is 2.99. The maximum atomic E-state index is 10.9. The van der Waals surface area contributed by atoms with E-state index in [1.165, 1.54) is 6.92 Å². The molecule has 0 aliphatic heterocycles. The van der Waals surface area contributed by atoms with Crippen LogP contribution in [0.15, 0.2) is 36.4 Å². The molecule has 0 spiro atoms. The standard InChI is InChI=1S/C18H24NO3/c1-14(20)22-13-15-5-6-17-12-18(8-7-16(17)11-15)21-10-9-19(2,3)4/h5-8,11-12H,9-10,13H2,1-4H3/q+1. The van der Waals surface area contributed by atoms with Crippen LogP contribution in [0.25, 0.3) is 10.8 Å². The van der Waals surface area contributed by atoms with Crippen molar-refractivity contribution in [2.45, 2.75) is 13.5 Å². The summed E-state index contributed by atoms with van der Waals surface area (Å²) in [5, 5.41) is 2.23. The molecule has 0 bridgehead atoms. The summed E-state index contributed by atoms with van der Waals surface area (Å²) in [6.07, 6.45) is 0. The first kappa shape index (κ1) is 16.3. The van der Waals surface area contributed by atoms with E-state index in [-0.39, 0.29) is 5.97 Å². The van der Waals surface area contributed by atoms with Gasteiger partial charge in [-0.25, -0.2) is 0 Å². The fraction of sp³-hybridized carbons (Fsp3) is 0.389. The third-order valence-electron chi connectivity index (χ3n) is 3.35. The Kier molecular flexibility index (Phi) is 5.03. The van der Waals surface area contributed by atoms with Crippen LogP contribution in [0.2, 0.25) is 0 Å². The molecule has 22 heavy (non-hydrogen) atoms. The molecule has 4 nitrogen and oxygen atoms in total. The SMILES string of the molecule is CC(=O)OCc1ccc2cc(OCC[N+](C)(C)C)ccc2c1. The third kappa shape index (κ3) is 5.04. The molecule has 0 saturated heterocycles. The van der Waals surface area contributed by atoms with Gasteiger partial charge in [-0.15, -0.1) is 0 Å². The van der Waals surface area contributed by atoms with Crippen LogP contribution in [-0.2, 0) is 16.1 Å². The Morgan fingerprint density at radius 3 is 2.41 bits per heavy atom. The number of hydrogen-bond donors (Lipinski definition) is 0. The second-order valence-corrected chi connectivity index (χ2v) is 6.49. The minimum Gasteiger partial charge on any atom is -0.488 e. The average molecular weight is 302 g/mol. The van der Waals surface area contributed by atoms with Gasteiger partial charge in [0.2, 0.25) is 0 Å². The fourth-order valence-corrected chi connectivity index (χ4v) is 2.08. The van der Waals surface area contributed by atoms with Crippen LogP contribution in [0, 0.1) is 0 Å². The molecule has 2 rings (SSSR count). The minimum absolute atomic E-state index is 0.263. The van der Waals surface area contributed by atoms with Crippen LogP contribution in [0.1, 0.15) is 12.5 Å². The maximum Gasteiger partial charge on any atom is 0.302 e. The Morgan fingerprint density at radius 2 is 1.73 bits per heavy atom. The number of fused-ring (bicyclic) bond motifs is 1. The summed E-state index contributed by atoms with van der Waals surface area (Å²) in [5.74, 6) is 0.620. The van der Waals surface area contributed by atoms with Crippen LogP contribution in [-0.4, -0.2) is 44.7 Å². The number of nitrogens with zero attached hydrogens (tertiary/aromatic N) is 1. The largest absolute Gasteiger partial charge is 0.488 e. The van der Waals surface area contributed by atoms with E-state index in [1.807, 2.05) is 36.4 Å². The zero-order valence-corrected chi connectivity index (χ0v) is 13.8. The quantitative estimate of drug-likeness (QED) is 0.608. The molecule has 0 aliphatic rings. The van der Waals surface area contributed by atoms with Crippen LogP contribution in [0.4, 0.5) is 0 Å². The summed E-state index contributed by atoms with van der Waals surface area (Å²) in [6, 6.07) is 12.1. The number of rotatable bonds is 6. The Hall–Kier alpha value is -2.07. The third-order valence-corrected chi connectivity index (χ3v) is 3.35. The van der Waals surface area contributed by atoms with Crippen molar-refractivity contribution in [1.82, 2.24) is 0 Å². The van der Waals surface area contributed by atoms with Gasteiger partial charge in [0, 0.05) is 6.92 Å². The van der Waals surface area contributed by atoms with Crippen molar-refractivity contribution < 1.29 is 18.8 Å². The van der Waals surface area contributed by atoms with E-state index in [2.05, 4.69) is 21.1 Å². The summed E-state index contributed by atoms with van der Waals surface area (Å²) in [6.45, 7) is 3.38. The van der Waals surface area contributed by atoms with E-state index in [0.29, 0.717) is 13.2 Å². The summed E-state index contributed by atoms with van der Waals surface area (Å²) in [5.41, 5.74) is 0.987. The first-order valence-corrected chi connectivity index (χ1v) is 7.43. The van der Waals surface area contributed by atoms with Crippen LogP contribution < -0.4 is 4.74 Å². The minimum atomic E-state index is -0.263. The van der Waals surface area contributed by atoms with E-state index < -0.39 is 0 Å². The van der Waals surface area contributed by atoms with Gasteiger partial charge in [0.05, 0.1) is 21.1 Å². The molecule has 0 radical (unpaired) electrons. The van der Waals surface area contributed by atoms with Gasteiger partial charge < -0.3 is 14.0 Å². The molecule has 2 aromatic rings. The molecule has 0 aliphatic carbocycles. The Bertz CT molecular complexity index is 659. The van der Waals surface area contributed by atoms with Crippen molar-refractivity contribution in [2.75, 3.05) is 34.3 Å². The molecule has 0 unspecified atom stereocenters. The Labute approximate surface area is 131 Å². The molecular formula is C18H24NO3+. The molecule has 0 N–H and O–H groups in total. The first-order chi connectivity index (χ1) is 10.3. The lowest BCUT2D eigenvalue weighted by Crippen LogP contribution is -2.38. The van der Waals surface area contributed by atoms with Crippen molar-refractivity contribution >= 4 is 16.7 Å². The highest BCUT2D eigenvalue weighted by Crippen LogP contribution is 2.22. The van der Waals surface area contributed by atoms with Crippen LogP contribution in [0.3, 0.4) is 0 Å². The van der Waals surface area contributed by atoms with Gasteiger partial charge in [-0.2, -0.15) is 0 Å². The lowest BCUT2D eigenvalue weighted by molar-refractivity contribution is -0.870. The molecule has 0 atom stereocenters. The number of benzene rings is 2. The zero-order valence-electron chi connectivity index (χ0n) is 13.8. The molecular weight excluding hydrogens is 278 g/mol. The van der Waals surface area contributed by atoms with E-state index >= 15 is 0 Å².